The van der Waals surface area contributed by atoms with Crippen molar-refractivity contribution >= 4 is 11.6 Å². The van der Waals surface area contributed by atoms with E-state index in [0.717, 1.165) is 18.7 Å². The summed E-state index contributed by atoms with van der Waals surface area (Å²) >= 11 is 0. The molecule has 17 heavy (non-hydrogen) atoms. The summed E-state index contributed by atoms with van der Waals surface area (Å²) in [5.41, 5.74) is 8.21. The highest BCUT2D eigenvalue weighted by atomic mass is 16.2. The zero-order chi connectivity index (χ0) is 12.4. The van der Waals surface area contributed by atoms with Crippen molar-refractivity contribution in [3.63, 3.8) is 0 Å². The van der Waals surface area contributed by atoms with Crippen LogP contribution in [0.3, 0.4) is 0 Å². The van der Waals surface area contributed by atoms with Crippen LogP contribution in [0.2, 0.25) is 0 Å². The maximum Gasteiger partial charge on any atom is 0.255 e. The summed E-state index contributed by atoms with van der Waals surface area (Å²) in [7, 11) is 0. The van der Waals surface area contributed by atoms with Gasteiger partial charge in [0, 0.05) is 18.8 Å². The number of para-hydroxylation sites is 1. The number of carbonyl (C=O) groups excluding carboxylic acids is 1. The van der Waals surface area contributed by atoms with Crippen molar-refractivity contribution in [2.24, 2.45) is 5.92 Å². The minimum Gasteiger partial charge on any atom is -0.398 e. The normalized spacial score (nSPS) is 14.7. The molecule has 0 heterocycles. The largest absolute Gasteiger partial charge is 0.398 e. The fourth-order valence-corrected chi connectivity index (χ4v) is 2.01. The molecule has 0 bridgehead atoms. The van der Waals surface area contributed by atoms with E-state index in [-0.39, 0.29) is 5.91 Å². The minimum absolute atomic E-state index is 0.0700. The summed E-state index contributed by atoms with van der Waals surface area (Å²) in [5.74, 6) is 0.783. The molecule has 0 unspecified atom stereocenters. The molecule has 0 spiro atoms. The van der Waals surface area contributed by atoms with E-state index >= 15 is 0 Å². The Balaban J connectivity index is 2.18. The highest BCUT2D eigenvalue weighted by molar-refractivity contribution is 5.99. The van der Waals surface area contributed by atoms with E-state index in [2.05, 4.69) is 0 Å². The molecule has 0 aliphatic heterocycles. The van der Waals surface area contributed by atoms with Crippen molar-refractivity contribution in [2.75, 3.05) is 18.8 Å². The lowest BCUT2D eigenvalue weighted by Gasteiger charge is -2.22. The van der Waals surface area contributed by atoms with Gasteiger partial charge in [-0.1, -0.05) is 12.1 Å². The van der Waals surface area contributed by atoms with Gasteiger partial charge in [0.25, 0.3) is 5.91 Å². The van der Waals surface area contributed by atoms with Crippen LogP contribution >= 0.6 is 0 Å². The van der Waals surface area contributed by atoms with Crippen LogP contribution in [0.15, 0.2) is 18.2 Å². The van der Waals surface area contributed by atoms with E-state index in [1.807, 2.05) is 36.9 Å². The van der Waals surface area contributed by atoms with Gasteiger partial charge in [-0.05, 0) is 44.2 Å². The highest BCUT2D eigenvalue weighted by Crippen LogP contribution is 2.30. The summed E-state index contributed by atoms with van der Waals surface area (Å²) in [4.78, 5) is 14.3. The molecule has 1 aliphatic rings. The number of anilines is 1. The Morgan fingerprint density at radius 1 is 1.47 bits per heavy atom. The van der Waals surface area contributed by atoms with Gasteiger partial charge < -0.3 is 10.6 Å². The fourth-order valence-electron chi connectivity index (χ4n) is 2.01. The van der Waals surface area contributed by atoms with Crippen LogP contribution in [-0.2, 0) is 0 Å². The number of rotatable bonds is 4. The number of hydrogen-bond acceptors (Lipinski definition) is 2. The van der Waals surface area contributed by atoms with Crippen molar-refractivity contribution in [1.29, 1.82) is 0 Å². The first kappa shape index (κ1) is 12.0. The predicted octanol–water partition coefficient (Wildman–Crippen LogP) is 2.45. The first-order valence-electron chi connectivity index (χ1n) is 6.27. The Hall–Kier alpha value is -1.51. The first-order chi connectivity index (χ1) is 8.13. The molecule has 1 aromatic carbocycles. The molecular weight excluding hydrogens is 212 g/mol. The van der Waals surface area contributed by atoms with Crippen LogP contribution in [0, 0.1) is 12.8 Å². The van der Waals surface area contributed by atoms with Gasteiger partial charge in [-0.15, -0.1) is 0 Å². The molecular formula is C14H20N2O. The topological polar surface area (TPSA) is 46.3 Å². The molecule has 0 atom stereocenters. The average Bonchev–Trinajstić information content (AvgIpc) is 3.13. The number of aryl methyl sites for hydroxylation is 1. The fraction of sp³-hybridized carbons (Fsp3) is 0.500. The van der Waals surface area contributed by atoms with Gasteiger partial charge in [0.1, 0.15) is 0 Å². The first-order valence-corrected chi connectivity index (χ1v) is 6.27. The predicted molar refractivity (Wildman–Crippen MR) is 69.9 cm³/mol. The zero-order valence-corrected chi connectivity index (χ0v) is 10.6. The van der Waals surface area contributed by atoms with Gasteiger partial charge >= 0.3 is 0 Å². The Labute approximate surface area is 103 Å². The Morgan fingerprint density at radius 3 is 2.76 bits per heavy atom. The third kappa shape index (κ3) is 2.60. The van der Waals surface area contributed by atoms with Crippen LogP contribution in [-0.4, -0.2) is 23.9 Å². The molecule has 0 aromatic heterocycles. The molecule has 3 nitrogen and oxygen atoms in total. The van der Waals surface area contributed by atoms with Crippen LogP contribution < -0.4 is 5.73 Å². The zero-order valence-electron chi connectivity index (χ0n) is 10.6. The number of nitrogens with zero attached hydrogens (tertiary/aromatic N) is 1. The third-order valence-corrected chi connectivity index (χ3v) is 3.40. The van der Waals surface area contributed by atoms with Gasteiger partial charge in [-0.3, -0.25) is 4.79 Å². The maximum atomic E-state index is 12.4. The van der Waals surface area contributed by atoms with Crippen LogP contribution in [0.5, 0.6) is 0 Å². The lowest BCUT2D eigenvalue weighted by Crippen LogP contribution is -2.33. The molecule has 1 aliphatic carbocycles. The van der Waals surface area contributed by atoms with Gasteiger partial charge in [0.05, 0.1) is 5.56 Å². The molecule has 0 radical (unpaired) electrons. The highest BCUT2D eigenvalue weighted by Gasteiger charge is 2.27. The average molecular weight is 232 g/mol. The molecule has 1 aromatic rings. The lowest BCUT2D eigenvalue weighted by molar-refractivity contribution is 0.0758. The van der Waals surface area contributed by atoms with Crippen LogP contribution in [0.25, 0.3) is 0 Å². The molecule has 3 heteroatoms. The van der Waals surface area contributed by atoms with Crippen molar-refractivity contribution in [3.8, 4) is 0 Å². The molecule has 92 valence electrons. The number of benzene rings is 1. The molecule has 0 saturated heterocycles. The summed E-state index contributed by atoms with van der Waals surface area (Å²) in [6, 6.07) is 5.65. The summed E-state index contributed by atoms with van der Waals surface area (Å²) in [5, 5.41) is 0. The van der Waals surface area contributed by atoms with Crippen LogP contribution in [0.4, 0.5) is 5.69 Å². The number of carbonyl (C=O) groups is 1. The Kier molecular flexibility index (Phi) is 3.36. The van der Waals surface area contributed by atoms with E-state index in [4.69, 9.17) is 5.73 Å². The van der Waals surface area contributed by atoms with Crippen molar-refractivity contribution in [3.05, 3.63) is 29.3 Å². The summed E-state index contributed by atoms with van der Waals surface area (Å²) < 4.78 is 0. The van der Waals surface area contributed by atoms with Crippen molar-refractivity contribution in [1.82, 2.24) is 4.90 Å². The smallest absolute Gasteiger partial charge is 0.255 e. The summed E-state index contributed by atoms with van der Waals surface area (Å²) in [6.45, 7) is 5.58. The number of hydrogen-bond donors (Lipinski definition) is 1. The van der Waals surface area contributed by atoms with E-state index in [1.54, 1.807) is 0 Å². The number of nitrogen functional groups attached to an aromatic ring is 1. The molecule has 1 fully saturated rings. The van der Waals surface area contributed by atoms with Gasteiger partial charge in [0.2, 0.25) is 0 Å². The standard InChI is InChI=1S/C14H20N2O/c1-3-16(9-11-7-8-11)14(17)12-6-4-5-10(2)13(12)15/h4-6,11H,3,7-9,15H2,1-2H3. The second-order valence-electron chi connectivity index (χ2n) is 4.82. The second-order valence-corrected chi connectivity index (χ2v) is 4.82. The maximum absolute atomic E-state index is 12.4. The second kappa shape index (κ2) is 4.78. The molecule has 1 saturated carbocycles. The number of amides is 1. The van der Waals surface area contributed by atoms with Crippen LogP contribution in [0.1, 0.15) is 35.7 Å². The van der Waals surface area contributed by atoms with E-state index in [9.17, 15) is 4.79 Å². The molecule has 1 amide bonds. The quantitative estimate of drug-likeness (QED) is 0.810. The minimum atomic E-state index is 0.0700. The lowest BCUT2D eigenvalue weighted by atomic mass is 10.1. The molecule has 2 rings (SSSR count). The third-order valence-electron chi connectivity index (χ3n) is 3.40. The SMILES string of the molecule is CCN(CC1CC1)C(=O)c1cccc(C)c1N. The summed E-state index contributed by atoms with van der Waals surface area (Å²) in [6.07, 6.45) is 2.51. The van der Waals surface area contributed by atoms with Gasteiger partial charge in [-0.2, -0.15) is 0 Å². The van der Waals surface area contributed by atoms with Crippen molar-refractivity contribution in [2.45, 2.75) is 26.7 Å². The monoisotopic (exact) mass is 232 g/mol. The van der Waals surface area contributed by atoms with Crippen molar-refractivity contribution < 1.29 is 4.79 Å². The Bertz CT molecular complexity index is 424. The van der Waals surface area contributed by atoms with Gasteiger partial charge in [-0.25, -0.2) is 0 Å². The van der Waals surface area contributed by atoms with E-state index < -0.39 is 0 Å². The van der Waals surface area contributed by atoms with Gasteiger partial charge in [0.15, 0.2) is 0 Å². The van der Waals surface area contributed by atoms with E-state index in [0.29, 0.717) is 17.2 Å². The molecule has 2 N–H and O–H groups in total. The van der Waals surface area contributed by atoms with E-state index in [1.165, 1.54) is 12.8 Å². The Morgan fingerprint density at radius 2 is 2.18 bits per heavy atom. The number of nitrogens with two attached hydrogens (primary N) is 1.